The highest BCUT2D eigenvalue weighted by Gasteiger charge is 2.10. The minimum atomic E-state index is -0.176. The Morgan fingerprint density at radius 2 is 1.39 bits per heavy atom. The van der Waals surface area contributed by atoms with Gasteiger partial charge in [0.05, 0.1) is 13.2 Å². The molecule has 0 aromatic heterocycles. The number of rotatable bonds is 17. The maximum Gasteiger partial charge on any atom is 0.306 e. The lowest BCUT2D eigenvalue weighted by Gasteiger charge is -2.19. The third-order valence-corrected chi connectivity index (χ3v) is 6.09. The quantitative estimate of drug-likeness (QED) is 0.106. The second-order valence-corrected chi connectivity index (χ2v) is 9.74. The molecule has 1 aliphatic rings. The highest BCUT2D eigenvalue weighted by atomic mass is 16.5. The van der Waals surface area contributed by atoms with Crippen molar-refractivity contribution in [3.05, 3.63) is 86.5 Å². The first-order valence-corrected chi connectivity index (χ1v) is 15.3. The molecule has 1 aliphatic carbocycles. The molecule has 1 fully saturated rings. The second kappa shape index (κ2) is 33.3. The largest absolute Gasteiger partial charge is 0.461 e. The maximum absolute atomic E-state index is 10.9. The minimum Gasteiger partial charge on any atom is -0.461 e. The van der Waals surface area contributed by atoms with Crippen LogP contribution in [0.3, 0.4) is 0 Å². The van der Waals surface area contributed by atoms with Gasteiger partial charge in [-0.15, -0.1) is 13.2 Å². The van der Waals surface area contributed by atoms with Crippen molar-refractivity contribution in [1.82, 2.24) is 0 Å². The highest BCUT2D eigenvalue weighted by molar-refractivity contribution is 5.69. The molecule has 0 bridgehead atoms. The molecule has 5 nitrogen and oxygen atoms in total. The molecular formula is C36H58O5. The number of carbonyl (C=O) groups excluding carboxylic acids is 2. The van der Waals surface area contributed by atoms with E-state index in [1.807, 2.05) is 18.2 Å². The summed E-state index contributed by atoms with van der Waals surface area (Å²) in [7, 11) is 0. The van der Waals surface area contributed by atoms with E-state index in [2.05, 4.69) is 56.2 Å². The van der Waals surface area contributed by atoms with Gasteiger partial charge in [-0.25, -0.2) is 0 Å². The Hall–Kier alpha value is -2.92. The zero-order chi connectivity index (χ0) is 30.8. The molecule has 0 N–H and O–H groups in total. The number of hydrogen-bond acceptors (Lipinski definition) is 5. The monoisotopic (exact) mass is 570 g/mol. The fourth-order valence-corrected chi connectivity index (χ4v) is 3.83. The summed E-state index contributed by atoms with van der Waals surface area (Å²) in [6, 6.07) is 10.3. The van der Waals surface area contributed by atoms with Gasteiger partial charge in [0.1, 0.15) is 13.2 Å². The van der Waals surface area contributed by atoms with Crippen LogP contribution >= 0.6 is 0 Å². The molecule has 0 amide bonds. The zero-order valence-corrected chi connectivity index (χ0v) is 26.2. The molecular weight excluding hydrogens is 512 g/mol. The summed E-state index contributed by atoms with van der Waals surface area (Å²) in [6.45, 7) is 20.2. The molecule has 41 heavy (non-hydrogen) atoms. The normalized spacial score (nSPS) is 12.0. The number of esters is 2. The van der Waals surface area contributed by atoms with Crippen molar-refractivity contribution >= 4 is 11.9 Å². The molecule has 1 aromatic carbocycles. The Labute approximate surface area is 251 Å². The fourth-order valence-electron chi connectivity index (χ4n) is 3.83. The molecule has 0 spiro atoms. The van der Waals surface area contributed by atoms with Crippen LogP contribution in [-0.2, 0) is 30.2 Å². The van der Waals surface area contributed by atoms with Gasteiger partial charge in [0, 0.05) is 12.8 Å². The van der Waals surface area contributed by atoms with Crippen LogP contribution in [-0.4, -0.2) is 38.4 Å². The lowest BCUT2D eigenvalue weighted by atomic mass is 9.87. The first-order chi connectivity index (χ1) is 20.0. The van der Waals surface area contributed by atoms with Crippen LogP contribution in [0.25, 0.3) is 0 Å². The molecule has 5 heteroatoms. The third kappa shape index (κ3) is 31.5. The highest BCUT2D eigenvalue weighted by Crippen LogP contribution is 2.26. The van der Waals surface area contributed by atoms with E-state index in [-0.39, 0.29) is 11.9 Å². The first-order valence-electron chi connectivity index (χ1n) is 15.3. The van der Waals surface area contributed by atoms with E-state index >= 15 is 0 Å². The van der Waals surface area contributed by atoms with Gasteiger partial charge in [0.15, 0.2) is 0 Å². The van der Waals surface area contributed by atoms with E-state index < -0.39 is 0 Å². The van der Waals surface area contributed by atoms with Gasteiger partial charge in [-0.2, -0.15) is 0 Å². The van der Waals surface area contributed by atoms with E-state index in [1.54, 1.807) is 25.2 Å². The van der Waals surface area contributed by atoms with Gasteiger partial charge in [-0.05, 0) is 30.7 Å². The predicted octanol–water partition coefficient (Wildman–Crippen LogP) is 9.39. The number of unbranched alkanes of at least 4 members (excludes halogenated alkanes) is 3. The summed E-state index contributed by atoms with van der Waals surface area (Å²) in [5, 5.41) is 0. The fraction of sp³-hybridized carbons (Fsp3) is 0.556. The molecule has 1 saturated carbocycles. The molecule has 0 unspecified atom stereocenters. The number of allylic oxidation sites excluding steroid dienone is 1. The smallest absolute Gasteiger partial charge is 0.306 e. The van der Waals surface area contributed by atoms with E-state index in [4.69, 9.17) is 9.47 Å². The Kier molecular flexibility index (Phi) is 32.7. The Bertz CT molecular complexity index is 765. The topological polar surface area (TPSA) is 61.8 Å². The Morgan fingerprint density at radius 1 is 0.780 bits per heavy atom. The van der Waals surface area contributed by atoms with Crippen LogP contribution in [0, 0.1) is 5.92 Å². The average Bonchev–Trinajstić information content (AvgIpc) is 3.01. The molecule has 232 valence electrons. The predicted molar refractivity (Wildman–Crippen MR) is 174 cm³/mol. The molecule has 0 radical (unpaired) electrons. The maximum atomic E-state index is 10.9. The SMILES string of the molecule is C=CCC1CCCCC1.C=CCOC(=O)CC.C=CCOC(=O)CCCCCC.C=CCOCCc1ccccc1. The first kappa shape index (κ1) is 40.2. The van der Waals surface area contributed by atoms with Gasteiger partial charge in [0.25, 0.3) is 0 Å². The van der Waals surface area contributed by atoms with Crippen molar-refractivity contribution in [1.29, 1.82) is 0 Å². The van der Waals surface area contributed by atoms with E-state index in [0.717, 1.165) is 31.8 Å². The van der Waals surface area contributed by atoms with Crippen LogP contribution in [0.15, 0.2) is 81.0 Å². The number of benzene rings is 1. The summed E-state index contributed by atoms with van der Waals surface area (Å²) < 4.78 is 14.7. The number of carbonyl (C=O) groups is 2. The molecule has 1 aromatic rings. The molecule has 0 heterocycles. The van der Waals surface area contributed by atoms with Crippen molar-refractivity contribution < 1.29 is 23.8 Å². The lowest BCUT2D eigenvalue weighted by Crippen LogP contribution is -2.04. The van der Waals surface area contributed by atoms with Crippen LogP contribution in [0.4, 0.5) is 0 Å². The van der Waals surface area contributed by atoms with Gasteiger partial charge in [-0.1, -0.05) is 133 Å². The van der Waals surface area contributed by atoms with Crippen LogP contribution in [0.2, 0.25) is 0 Å². The molecule has 0 atom stereocenters. The Morgan fingerprint density at radius 3 is 1.93 bits per heavy atom. The van der Waals surface area contributed by atoms with Gasteiger partial charge < -0.3 is 14.2 Å². The summed E-state index contributed by atoms with van der Waals surface area (Å²) in [6.07, 6.45) is 21.9. The zero-order valence-electron chi connectivity index (χ0n) is 26.2. The van der Waals surface area contributed by atoms with Crippen molar-refractivity contribution in [2.24, 2.45) is 5.92 Å². The summed E-state index contributed by atoms with van der Waals surface area (Å²) >= 11 is 0. The van der Waals surface area contributed by atoms with Gasteiger partial charge >= 0.3 is 11.9 Å². The van der Waals surface area contributed by atoms with Gasteiger partial charge in [-0.3, -0.25) is 9.59 Å². The number of ether oxygens (including phenoxy) is 3. The van der Waals surface area contributed by atoms with Crippen molar-refractivity contribution in [2.45, 2.75) is 97.3 Å². The molecule has 0 saturated heterocycles. The summed E-state index contributed by atoms with van der Waals surface area (Å²) in [5.41, 5.74) is 1.32. The van der Waals surface area contributed by atoms with E-state index in [0.29, 0.717) is 32.7 Å². The van der Waals surface area contributed by atoms with Gasteiger partial charge in [0.2, 0.25) is 0 Å². The third-order valence-electron chi connectivity index (χ3n) is 6.09. The Balaban J connectivity index is 0. The summed E-state index contributed by atoms with van der Waals surface area (Å²) in [4.78, 5) is 21.2. The van der Waals surface area contributed by atoms with Crippen molar-refractivity contribution in [2.75, 3.05) is 26.4 Å². The van der Waals surface area contributed by atoms with E-state index in [1.165, 1.54) is 56.9 Å². The minimum absolute atomic E-state index is 0.106. The summed E-state index contributed by atoms with van der Waals surface area (Å²) in [5.74, 6) is 0.701. The second-order valence-electron chi connectivity index (χ2n) is 9.74. The molecule has 0 aliphatic heterocycles. The van der Waals surface area contributed by atoms with Crippen LogP contribution < -0.4 is 0 Å². The lowest BCUT2D eigenvalue weighted by molar-refractivity contribution is -0.143. The van der Waals surface area contributed by atoms with Crippen LogP contribution in [0.1, 0.15) is 96.5 Å². The van der Waals surface area contributed by atoms with E-state index in [9.17, 15) is 9.59 Å². The van der Waals surface area contributed by atoms with Crippen molar-refractivity contribution in [3.8, 4) is 0 Å². The van der Waals surface area contributed by atoms with Crippen LogP contribution in [0.5, 0.6) is 0 Å². The molecule has 2 rings (SSSR count). The standard InChI is InChI=1S/C11H14O.C10H18O2.C9H16.C6H10O2/c1-2-9-12-10-8-11-6-4-3-5-7-11;1-3-5-6-7-8-10(11)12-9-4-2;1-2-6-9-7-4-3-5-8-9;1-3-5-8-6(7)4-2/h2-7H,1,8-10H2;4H,2-3,5-9H2,1H3;2,9H,1,3-8H2;3H,1,4-5H2,2H3. The average molecular weight is 571 g/mol. The number of hydrogen-bond donors (Lipinski definition) is 0. The van der Waals surface area contributed by atoms with Crippen molar-refractivity contribution in [3.63, 3.8) is 0 Å².